The number of carbonyl (C=O) groups is 1. The van der Waals surface area contributed by atoms with Crippen LogP contribution in [-0.4, -0.2) is 19.1 Å². The van der Waals surface area contributed by atoms with E-state index in [4.69, 9.17) is 4.74 Å². The summed E-state index contributed by atoms with van der Waals surface area (Å²) in [5.41, 5.74) is 3.40. The van der Waals surface area contributed by atoms with Crippen molar-refractivity contribution in [3.05, 3.63) is 34.9 Å². The molecular weight excluding hydrogens is 226 g/mol. The Hall–Kier alpha value is -1.35. The Bertz CT molecular complexity index is 401. The van der Waals surface area contributed by atoms with Crippen molar-refractivity contribution in [3.63, 3.8) is 0 Å². The van der Waals surface area contributed by atoms with E-state index in [0.717, 1.165) is 18.5 Å². The van der Waals surface area contributed by atoms with Gasteiger partial charge in [0, 0.05) is 0 Å². The van der Waals surface area contributed by atoms with Crippen molar-refractivity contribution in [1.82, 2.24) is 5.32 Å². The van der Waals surface area contributed by atoms with E-state index < -0.39 is 0 Å². The minimum atomic E-state index is -0.357. The molecule has 0 aliphatic rings. The minimum Gasteiger partial charge on any atom is -0.465 e. The van der Waals surface area contributed by atoms with Gasteiger partial charge in [-0.15, -0.1) is 0 Å². The van der Waals surface area contributed by atoms with Gasteiger partial charge in [0.15, 0.2) is 0 Å². The van der Waals surface area contributed by atoms with Gasteiger partial charge in [-0.2, -0.15) is 0 Å². The van der Waals surface area contributed by atoms with Gasteiger partial charge < -0.3 is 10.1 Å². The molecule has 0 aliphatic carbocycles. The second kappa shape index (κ2) is 7.17. The van der Waals surface area contributed by atoms with Crippen molar-refractivity contribution in [2.45, 2.75) is 40.2 Å². The molecule has 0 saturated carbocycles. The van der Waals surface area contributed by atoms with Crippen molar-refractivity contribution in [2.75, 3.05) is 13.2 Å². The van der Waals surface area contributed by atoms with Crippen LogP contribution in [0.3, 0.4) is 0 Å². The normalized spacial score (nSPS) is 12.2. The van der Waals surface area contributed by atoms with E-state index in [9.17, 15) is 4.79 Å². The van der Waals surface area contributed by atoms with E-state index in [1.807, 2.05) is 19.1 Å². The molecule has 100 valence electrons. The highest BCUT2D eigenvalue weighted by Gasteiger charge is 2.21. The Morgan fingerprint density at radius 3 is 2.56 bits per heavy atom. The molecule has 18 heavy (non-hydrogen) atoms. The van der Waals surface area contributed by atoms with E-state index in [2.05, 4.69) is 32.2 Å². The third-order valence-electron chi connectivity index (χ3n) is 2.99. The fourth-order valence-corrected chi connectivity index (χ4v) is 1.80. The van der Waals surface area contributed by atoms with Crippen LogP contribution in [0.1, 0.15) is 43.0 Å². The molecule has 1 aromatic rings. The largest absolute Gasteiger partial charge is 0.465 e. The third-order valence-corrected chi connectivity index (χ3v) is 2.99. The molecule has 0 aromatic heterocycles. The summed E-state index contributed by atoms with van der Waals surface area (Å²) in [6, 6.07) is 5.74. The Morgan fingerprint density at radius 1 is 1.28 bits per heavy atom. The quantitative estimate of drug-likeness (QED) is 0.788. The lowest BCUT2D eigenvalue weighted by Crippen LogP contribution is -2.30. The number of carbonyl (C=O) groups excluding carboxylic acids is 1. The molecule has 0 heterocycles. The van der Waals surface area contributed by atoms with Gasteiger partial charge in [-0.25, -0.2) is 4.79 Å². The Morgan fingerprint density at radius 2 is 2.00 bits per heavy atom. The first-order chi connectivity index (χ1) is 8.60. The molecule has 0 fully saturated rings. The minimum absolute atomic E-state index is 0.200. The van der Waals surface area contributed by atoms with E-state index >= 15 is 0 Å². The van der Waals surface area contributed by atoms with E-state index in [0.29, 0.717) is 6.61 Å². The summed E-state index contributed by atoms with van der Waals surface area (Å²) in [5, 5.41) is 3.24. The zero-order chi connectivity index (χ0) is 13.5. The van der Waals surface area contributed by atoms with E-state index in [1.165, 1.54) is 11.1 Å². The second-order valence-electron chi connectivity index (χ2n) is 4.48. The van der Waals surface area contributed by atoms with Gasteiger partial charge >= 0.3 is 5.97 Å². The number of benzene rings is 1. The van der Waals surface area contributed by atoms with Crippen LogP contribution in [0.5, 0.6) is 0 Å². The lowest BCUT2D eigenvalue weighted by molar-refractivity contribution is -0.145. The average Bonchev–Trinajstić information content (AvgIpc) is 2.34. The van der Waals surface area contributed by atoms with E-state index in [1.54, 1.807) is 0 Å². The molecular formula is C15H23NO2. The highest BCUT2D eigenvalue weighted by molar-refractivity contribution is 5.77. The van der Waals surface area contributed by atoms with Gasteiger partial charge in [0.25, 0.3) is 0 Å². The van der Waals surface area contributed by atoms with E-state index in [-0.39, 0.29) is 12.0 Å². The van der Waals surface area contributed by atoms with Crippen LogP contribution in [0.25, 0.3) is 0 Å². The fraction of sp³-hybridized carbons (Fsp3) is 0.533. The Labute approximate surface area is 110 Å². The van der Waals surface area contributed by atoms with Gasteiger partial charge in [0.2, 0.25) is 0 Å². The predicted octanol–water partition coefficient (Wildman–Crippen LogP) is 2.91. The second-order valence-corrected chi connectivity index (χ2v) is 4.48. The molecule has 1 unspecified atom stereocenters. The summed E-state index contributed by atoms with van der Waals surface area (Å²) in [6.07, 6.45) is 0.987. The highest BCUT2D eigenvalue weighted by Crippen LogP contribution is 2.18. The monoisotopic (exact) mass is 249 g/mol. The fourth-order valence-electron chi connectivity index (χ4n) is 1.80. The molecule has 0 spiro atoms. The van der Waals surface area contributed by atoms with Crippen LogP contribution in [-0.2, 0) is 9.53 Å². The molecule has 1 atom stereocenters. The standard InChI is InChI=1S/C15H23NO2/c1-5-9-16-14(15(17)18-6-2)13-8-7-11(3)12(4)10-13/h7-8,10,14,16H,5-6,9H2,1-4H3. The number of nitrogens with one attached hydrogen (secondary N) is 1. The van der Waals surface area contributed by atoms with Crippen molar-refractivity contribution in [1.29, 1.82) is 0 Å². The molecule has 1 N–H and O–H groups in total. The van der Waals surface area contributed by atoms with Crippen LogP contribution >= 0.6 is 0 Å². The molecule has 0 saturated heterocycles. The van der Waals surface area contributed by atoms with Gasteiger partial charge in [-0.3, -0.25) is 0 Å². The highest BCUT2D eigenvalue weighted by atomic mass is 16.5. The van der Waals surface area contributed by atoms with Crippen LogP contribution in [0.2, 0.25) is 0 Å². The van der Waals surface area contributed by atoms with Crippen LogP contribution in [0.15, 0.2) is 18.2 Å². The van der Waals surface area contributed by atoms with Crippen molar-refractivity contribution in [3.8, 4) is 0 Å². The van der Waals surface area contributed by atoms with Gasteiger partial charge in [0.05, 0.1) is 6.61 Å². The molecule has 0 amide bonds. The number of esters is 1. The van der Waals surface area contributed by atoms with Gasteiger partial charge in [0.1, 0.15) is 6.04 Å². The lowest BCUT2D eigenvalue weighted by atomic mass is 10.0. The molecule has 3 nitrogen and oxygen atoms in total. The molecule has 3 heteroatoms. The first-order valence-electron chi connectivity index (χ1n) is 6.57. The summed E-state index contributed by atoms with van der Waals surface area (Å²) in [5.74, 6) is -0.200. The predicted molar refractivity (Wildman–Crippen MR) is 73.6 cm³/mol. The number of hydrogen-bond acceptors (Lipinski definition) is 3. The Balaban J connectivity index is 2.93. The Kier molecular flexibility index (Phi) is 5.86. The van der Waals surface area contributed by atoms with Crippen molar-refractivity contribution < 1.29 is 9.53 Å². The summed E-state index contributed by atoms with van der Waals surface area (Å²) in [4.78, 5) is 12.0. The molecule has 0 aliphatic heterocycles. The first kappa shape index (κ1) is 14.7. The molecule has 0 radical (unpaired) electrons. The smallest absolute Gasteiger partial charge is 0.327 e. The number of aryl methyl sites for hydroxylation is 2. The van der Waals surface area contributed by atoms with Gasteiger partial charge in [-0.1, -0.05) is 25.1 Å². The van der Waals surface area contributed by atoms with Crippen molar-refractivity contribution >= 4 is 5.97 Å². The summed E-state index contributed by atoms with van der Waals surface area (Å²) >= 11 is 0. The maximum Gasteiger partial charge on any atom is 0.327 e. The van der Waals surface area contributed by atoms with Crippen molar-refractivity contribution in [2.24, 2.45) is 0 Å². The van der Waals surface area contributed by atoms with Crippen LogP contribution < -0.4 is 5.32 Å². The summed E-state index contributed by atoms with van der Waals surface area (Å²) < 4.78 is 5.12. The zero-order valence-corrected chi connectivity index (χ0v) is 11.7. The summed E-state index contributed by atoms with van der Waals surface area (Å²) in [6.45, 7) is 9.24. The maximum atomic E-state index is 12.0. The number of ether oxygens (including phenoxy) is 1. The number of hydrogen-bond donors (Lipinski definition) is 1. The van der Waals surface area contributed by atoms with Crippen LogP contribution in [0, 0.1) is 13.8 Å². The molecule has 1 aromatic carbocycles. The molecule has 1 rings (SSSR count). The SMILES string of the molecule is CCCNC(C(=O)OCC)c1ccc(C)c(C)c1. The van der Waals surface area contributed by atoms with Gasteiger partial charge in [-0.05, 0) is 50.4 Å². The first-order valence-corrected chi connectivity index (χ1v) is 6.57. The summed E-state index contributed by atoms with van der Waals surface area (Å²) in [7, 11) is 0. The third kappa shape index (κ3) is 3.84. The average molecular weight is 249 g/mol. The number of rotatable bonds is 6. The zero-order valence-electron chi connectivity index (χ0n) is 11.7. The van der Waals surface area contributed by atoms with Crippen LogP contribution in [0.4, 0.5) is 0 Å². The lowest BCUT2D eigenvalue weighted by Gasteiger charge is -2.18. The maximum absolute atomic E-state index is 12.0. The molecule has 0 bridgehead atoms. The topological polar surface area (TPSA) is 38.3 Å².